The van der Waals surface area contributed by atoms with Crippen LogP contribution in [0.4, 0.5) is 4.79 Å². The molecule has 1 aromatic rings. The number of ether oxygens (including phenoxy) is 1. The van der Waals surface area contributed by atoms with Crippen LogP contribution in [0.5, 0.6) is 0 Å². The number of nitrogens with one attached hydrogen (secondary N) is 1. The smallest absolute Gasteiger partial charge is 0.408 e. The Balaban J connectivity index is 2.52. The molecule has 6 heteroatoms. The first-order chi connectivity index (χ1) is 9.83. The molecule has 0 aliphatic heterocycles. The molecule has 0 fully saturated rings. The summed E-state index contributed by atoms with van der Waals surface area (Å²) in [6, 6.07) is -0.122. The molecule has 1 atom stereocenters. The van der Waals surface area contributed by atoms with E-state index in [1.165, 1.54) is 12.2 Å². The second-order valence-electron chi connectivity index (χ2n) is 6.08. The lowest BCUT2D eigenvalue weighted by atomic mass is 10.2. The minimum atomic E-state index is -0.484. The largest absolute Gasteiger partial charge is 0.444 e. The third kappa shape index (κ3) is 6.89. The number of rotatable bonds is 7. The summed E-state index contributed by atoms with van der Waals surface area (Å²) in [7, 11) is 0. The molecule has 21 heavy (non-hydrogen) atoms. The third-order valence-electron chi connectivity index (χ3n) is 2.92. The number of thioether (sulfide) groups is 1. The third-order valence-corrected chi connectivity index (χ3v) is 3.62. The Morgan fingerprint density at radius 1 is 1.48 bits per heavy atom. The zero-order valence-corrected chi connectivity index (χ0v) is 14.5. The van der Waals surface area contributed by atoms with Crippen LogP contribution in [-0.2, 0) is 11.3 Å². The van der Waals surface area contributed by atoms with Crippen molar-refractivity contribution in [3.8, 4) is 0 Å². The van der Waals surface area contributed by atoms with Gasteiger partial charge in [-0.15, -0.1) is 0 Å². The van der Waals surface area contributed by atoms with Crippen LogP contribution in [0.2, 0.25) is 0 Å². The lowest BCUT2D eigenvalue weighted by Gasteiger charge is -2.22. The van der Waals surface area contributed by atoms with Crippen LogP contribution in [0.1, 0.15) is 52.3 Å². The van der Waals surface area contributed by atoms with E-state index < -0.39 is 11.7 Å². The molecule has 1 amide bonds. The molecule has 0 aliphatic carbocycles. The van der Waals surface area contributed by atoms with E-state index in [9.17, 15) is 4.79 Å². The second kappa shape index (κ2) is 8.32. The number of aryl methyl sites for hydroxylation is 1. The fourth-order valence-corrected chi connectivity index (χ4v) is 2.46. The van der Waals surface area contributed by atoms with Gasteiger partial charge in [0.15, 0.2) is 0 Å². The van der Waals surface area contributed by atoms with E-state index >= 15 is 0 Å². The number of hydrogen-bond acceptors (Lipinski definition) is 4. The van der Waals surface area contributed by atoms with E-state index in [0.29, 0.717) is 0 Å². The first-order valence-electron chi connectivity index (χ1n) is 7.32. The summed E-state index contributed by atoms with van der Waals surface area (Å²) < 4.78 is 7.38. The van der Waals surface area contributed by atoms with Gasteiger partial charge in [0.05, 0.1) is 24.3 Å². The van der Waals surface area contributed by atoms with Crippen LogP contribution in [-0.4, -0.2) is 33.3 Å². The first-order valence-corrected chi connectivity index (χ1v) is 8.71. The van der Waals surface area contributed by atoms with Gasteiger partial charge in [-0.2, -0.15) is 11.8 Å². The molecule has 120 valence electrons. The average molecular weight is 313 g/mol. The SMILES string of the molecule is CSCCCCn1cncc1C(C)NC(=O)OC(C)(C)C. The summed E-state index contributed by atoms with van der Waals surface area (Å²) >= 11 is 1.86. The highest BCUT2D eigenvalue weighted by molar-refractivity contribution is 7.98. The van der Waals surface area contributed by atoms with Crippen molar-refractivity contribution in [1.29, 1.82) is 0 Å². The molecule has 0 aromatic carbocycles. The topological polar surface area (TPSA) is 56.2 Å². The van der Waals surface area contributed by atoms with E-state index in [2.05, 4.69) is 21.1 Å². The van der Waals surface area contributed by atoms with E-state index in [4.69, 9.17) is 4.74 Å². The lowest BCUT2D eigenvalue weighted by molar-refractivity contribution is 0.0506. The first kappa shape index (κ1) is 17.9. The number of unbranched alkanes of at least 4 members (excludes halogenated alkanes) is 1. The van der Waals surface area contributed by atoms with Gasteiger partial charge in [-0.1, -0.05) is 0 Å². The van der Waals surface area contributed by atoms with Crippen molar-refractivity contribution >= 4 is 17.9 Å². The van der Waals surface area contributed by atoms with Gasteiger partial charge in [0.25, 0.3) is 0 Å². The molecule has 5 nitrogen and oxygen atoms in total. The minimum Gasteiger partial charge on any atom is -0.444 e. The molecule has 1 aromatic heterocycles. The number of hydrogen-bond donors (Lipinski definition) is 1. The zero-order valence-electron chi connectivity index (χ0n) is 13.7. The van der Waals surface area contributed by atoms with Crippen molar-refractivity contribution in [1.82, 2.24) is 14.9 Å². The number of amides is 1. The number of carbonyl (C=O) groups is 1. The number of carbonyl (C=O) groups excluding carboxylic acids is 1. The maximum Gasteiger partial charge on any atom is 0.408 e. The van der Waals surface area contributed by atoms with Gasteiger partial charge in [-0.3, -0.25) is 0 Å². The molecule has 0 aliphatic rings. The monoisotopic (exact) mass is 313 g/mol. The summed E-state index contributed by atoms with van der Waals surface area (Å²) in [5.74, 6) is 1.18. The van der Waals surface area contributed by atoms with Crippen molar-refractivity contribution in [2.45, 2.75) is 58.7 Å². The number of imidazole rings is 1. The van der Waals surface area contributed by atoms with E-state index in [1.807, 2.05) is 45.8 Å². The predicted molar refractivity (Wildman–Crippen MR) is 87.6 cm³/mol. The Morgan fingerprint density at radius 3 is 2.81 bits per heavy atom. The molecule has 0 radical (unpaired) electrons. The van der Waals surface area contributed by atoms with Gasteiger partial charge in [-0.05, 0) is 52.5 Å². The highest BCUT2D eigenvalue weighted by Crippen LogP contribution is 2.15. The minimum absolute atomic E-state index is 0.122. The van der Waals surface area contributed by atoms with Crippen molar-refractivity contribution < 1.29 is 9.53 Å². The summed E-state index contributed by atoms with van der Waals surface area (Å²) in [5, 5.41) is 2.85. The van der Waals surface area contributed by atoms with Crippen LogP contribution < -0.4 is 5.32 Å². The predicted octanol–water partition coefficient (Wildman–Crippen LogP) is 3.61. The zero-order chi connectivity index (χ0) is 15.9. The highest BCUT2D eigenvalue weighted by Gasteiger charge is 2.19. The standard InChI is InChI=1S/C15H27N3O2S/c1-12(17-14(19)20-15(2,3)4)13-10-16-11-18(13)8-6-7-9-21-5/h10-12H,6-9H2,1-5H3,(H,17,19). The maximum atomic E-state index is 11.8. The van der Waals surface area contributed by atoms with Crippen molar-refractivity contribution in [2.24, 2.45) is 0 Å². The summed E-state index contributed by atoms with van der Waals surface area (Å²) in [4.78, 5) is 16.0. The molecular weight excluding hydrogens is 286 g/mol. The average Bonchev–Trinajstić information content (AvgIpc) is 2.80. The van der Waals surface area contributed by atoms with Gasteiger partial charge in [0.2, 0.25) is 0 Å². The van der Waals surface area contributed by atoms with Gasteiger partial charge >= 0.3 is 6.09 Å². The summed E-state index contributed by atoms with van der Waals surface area (Å²) in [6.07, 6.45) is 7.65. The van der Waals surface area contributed by atoms with Crippen molar-refractivity contribution in [3.63, 3.8) is 0 Å². The van der Waals surface area contributed by atoms with Gasteiger partial charge < -0.3 is 14.6 Å². The Kier molecular flexibility index (Phi) is 7.08. The molecule has 0 bridgehead atoms. The van der Waals surface area contributed by atoms with Gasteiger partial charge in [-0.25, -0.2) is 9.78 Å². The second-order valence-corrected chi connectivity index (χ2v) is 7.07. The van der Waals surface area contributed by atoms with Crippen LogP contribution in [0, 0.1) is 0 Å². The van der Waals surface area contributed by atoms with Crippen LogP contribution in [0.25, 0.3) is 0 Å². The Hall–Kier alpha value is -1.17. The Morgan fingerprint density at radius 2 is 2.19 bits per heavy atom. The van der Waals surface area contributed by atoms with E-state index in [1.54, 1.807) is 6.20 Å². The van der Waals surface area contributed by atoms with Crippen LogP contribution in [0.15, 0.2) is 12.5 Å². The Bertz CT molecular complexity index is 440. The molecular formula is C15H27N3O2S. The van der Waals surface area contributed by atoms with Crippen molar-refractivity contribution in [2.75, 3.05) is 12.0 Å². The van der Waals surface area contributed by atoms with Crippen LogP contribution >= 0.6 is 11.8 Å². The molecule has 1 heterocycles. The van der Waals surface area contributed by atoms with Crippen LogP contribution in [0.3, 0.4) is 0 Å². The summed E-state index contributed by atoms with van der Waals surface area (Å²) in [6.45, 7) is 8.43. The number of nitrogens with zero attached hydrogens (tertiary/aromatic N) is 2. The van der Waals surface area contributed by atoms with Gasteiger partial charge in [0, 0.05) is 6.54 Å². The fraction of sp³-hybridized carbons (Fsp3) is 0.733. The fourth-order valence-electron chi connectivity index (χ4n) is 1.97. The highest BCUT2D eigenvalue weighted by atomic mass is 32.2. The van der Waals surface area contributed by atoms with Gasteiger partial charge in [0.1, 0.15) is 5.60 Å². The molecule has 1 rings (SSSR count). The molecule has 1 unspecified atom stereocenters. The lowest BCUT2D eigenvalue weighted by Crippen LogP contribution is -2.34. The number of aromatic nitrogens is 2. The molecule has 0 saturated heterocycles. The summed E-state index contributed by atoms with van der Waals surface area (Å²) in [5.41, 5.74) is 0.520. The molecule has 1 N–H and O–H groups in total. The Labute approximate surface area is 131 Å². The number of alkyl carbamates (subject to hydrolysis) is 1. The quantitative estimate of drug-likeness (QED) is 0.781. The molecule has 0 spiro atoms. The normalized spacial score (nSPS) is 13.0. The van der Waals surface area contributed by atoms with E-state index in [-0.39, 0.29) is 6.04 Å². The van der Waals surface area contributed by atoms with E-state index in [0.717, 1.165) is 18.7 Å². The maximum absolute atomic E-state index is 11.8. The molecule has 0 saturated carbocycles. The van der Waals surface area contributed by atoms with Crippen molar-refractivity contribution in [3.05, 3.63) is 18.2 Å².